The van der Waals surface area contributed by atoms with Gasteiger partial charge in [0.05, 0.1) is 0 Å². The van der Waals surface area contributed by atoms with Gasteiger partial charge in [-0.05, 0) is 58.5 Å². The van der Waals surface area contributed by atoms with Crippen LogP contribution in [-0.4, -0.2) is 18.5 Å². The minimum atomic E-state index is -0.173. The molecule has 1 nitrogen and oxygen atoms in total. The molecule has 0 radical (unpaired) electrons. The lowest BCUT2D eigenvalue weighted by Gasteiger charge is -2.15. The fourth-order valence-corrected chi connectivity index (χ4v) is 1.87. The first-order valence-electron chi connectivity index (χ1n) is 7.49. The number of hydrogen-bond acceptors (Lipinski definition) is 1. The fourth-order valence-electron chi connectivity index (χ4n) is 1.87. The zero-order valence-electron chi connectivity index (χ0n) is 14.7. The van der Waals surface area contributed by atoms with E-state index in [1.54, 1.807) is 6.07 Å². The summed E-state index contributed by atoms with van der Waals surface area (Å²) in [7, 11) is 1.97. The molecule has 0 atom stereocenters. The Labute approximate surface area is 146 Å². The maximum Gasteiger partial charge on any atom is 0.127 e. The first-order chi connectivity index (χ1) is 10.2. The molecule has 1 aromatic carbocycles. The van der Waals surface area contributed by atoms with E-state index in [4.69, 9.17) is 0 Å². The highest BCUT2D eigenvalue weighted by Crippen LogP contribution is 2.17. The first-order valence-corrected chi connectivity index (χ1v) is 7.49. The fraction of sp³-hybridized carbons (Fsp3) is 0.400. The van der Waals surface area contributed by atoms with Gasteiger partial charge in [-0.25, -0.2) is 4.39 Å². The van der Waals surface area contributed by atoms with E-state index in [0.717, 1.165) is 17.7 Å². The van der Waals surface area contributed by atoms with E-state index in [9.17, 15) is 4.39 Å². The minimum absolute atomic E-state index is 0. The summed E-state index contributed by atoms with van der Waals surface area (Å²) in [6.45, 7) is 13.4. The van der Waals surface area contributed by atoms with Crippen LogP contribution < -0.4 is 0 Å². The molecule has 0 heterocycles. The van der Waals surface area contributed by atoms with Crippen LogP contribution in [0, 0.1) is 23.1 Å². The van der Waals surface area contributed by atoms with Crippen molar-refractivity contribution >= 4 is 18.0 Å². The Morgan fingerprint density at radius 2 is 2.00 bits per heavy atom. The first kappa shape index (κ1) is 21.4. The van der Waals surface area contributed by atoms with Crippen LogP contribution in [0.2, 0.25) is 0 Å². The molecule has 0 spiro atoms. The average Bonchev–Trinajstić information content (AvgIpc) is 2.39. The molecule has 1 rings (SSSR count). The maximum atomic E-state index is 13.9. The van der Waals surface area contributed by atoms with Gasteiger partial charge in [0.25, 0.3) is 0 Å². The molecule has 0 saturated carbocycles. The van der Waals surface area contributed by atoms with Crippen molar-refractivity contribution in [1.82, 2.24) is 4.90 Å². The highest BCUT2D eigenvalue weighted by molar-refractivity contribution is 5.85. The third-order valence-electron chi connectivity index (χ3n) is 3.04. The highest BCUT2D eigenvalue weighted by atomic mass is 35.5. The van der Waals surface area contributed by atoms with E-state index < -0.39 is 0 Å². The molecule has 126 valence electrons. The number of allylic oxidation sites excluding steroid dienone is 2. The van der Waals surface area contributed by atoms with Gasteiger partial charge in [-0.1, -0.05) is 36.1 Å². The molecular formula is C20H27ClFN. The summed E-state index contributed by atoms with van der Waals surface area (Å²) in [6.07, 6.45) is 3.86. The summed E-state index contributed by atoms with van der Waals surface area (Å²) in [5.41, 5.74) is 2.64. The largest absolute Gasteiger partial charge is 0.298 e. The molecule has 23 heavy (non-hydrogen) atoms. The van der Waals surface area contributed by atoms with Gasteiger partial charge < -0.3 is 0 Å². The van der Waals surface area contributed by atoms with Crippen LogP contribution in [0.5, 0.6) is 0 Å². The van der Waals surface area contributed by atoms with Crippen LogP contribution >= 0.6 is 12.4 Å². The number of halogens is 2. The number of likely N-dealkylation sites (N-methyl/N-ethyl adjacent to an activating group) is 1. The molecule has 0 saturated heterocycles. The molecule has 1 aromatic rings. The van der Waals surface area contributed by atoms with Gasteiger partial charge >= 0.3 is 0 Å². The quantitative estimate of drug-likeness (QED) is 0.658. The molecule has 0 aliphatic heterocycles. The van der Waals surface area contributed by atoms with E-state index in [1.807, 2.05) is 32.2 Å². The maximum absolute atomic E-state index is 13.9. The normalized spacial score (nSPS) is 11.1. The van der Waals surface area contributed by atoms with Crippen LogP contribution in [0.1, 0.15) is 38.8 Å². The molecule has 0 unspecified atom stereocenters. The monoisotopic (exact) mass is 335 g/mol. The summed E-state index contributed by atoms with van der Waals surface area (Å²) in [4.78, 5) is 2.05. The lowest BCUT2D eigenvalue weighted by Crippen LogP contribution is -2.18. The van der Waals surface area contributed by atoms with Crippen LogP contribution in [0.25, 0.3) is 5.57 Å². The lowest BCUT2D eigenvalue weighted by molar-refractivity contribution is 0.356. The molecule has 0 aliphatic carbocycles. The van der Waals surface area contributed by atoms with Gasteiger partial charge in [-0.2, -0.15) is 0 Å². The second-order valence-corrected chi connectivity index (χ2v) is 6.70. The minimum Gasteiger partial charge on any atom is -0.298 e. The molecular weight excluding hydrogens is 309 g/mol. The highest BCUT2D eigenvalue weighted by Gasteiger charge is 2.06. The SMILES string of the molecule is C=C(C)c1ccc(F)c(CN(C)CC=CC#CC(C)(C)C)c1.Cl. The lowest BCUT2D eigenvalue weighted by atomic mass is 9.98. The van der Waals surface area contributed by atoms with Crippen molar-refractivity contribution in [2.75, 3.05) is 13.6 Å². The van der Waals surface area contributed by atoms with E-state index in [1.165, 1.54) is 6.07 Å². The Morgan fingerprint density at radius 1 is 1.35 bits per heavy atom. The zero-order chi connectivity index (χ0) is 16.8. The van der Waals surface area contributed by atoms with E-state index in [0.29, 0.717) is 12.1 Å². The van der Waals surface area contributed by atoms with E-state index in [2.05, 4.69) is 44.1 Å². The van der Waals surface area contributed by atoms with E-state index >= 15 is 0 Å². The predicted molar refractivity (Wildman–Crippen MR) is 101 cm³/mol. The van der Waals surface area contributed by atoms with Gasteiger partial charge in [0.15, 0.2) is 0 Å². The Kier molecular flexibility index (Phi) is 8.90. The number of benzene rings is 1. The van der Waals surface area contributed by atoms with Crippen molar-refractivity contribution in [2.45, 2.75) is 34.2 Å². The van der Waals surface area contributed by atoms with E-state index in [-0.39, 0.29) is 23.6 Å². The third kappa shape index (κ3) is 8.59. The van der Waals surface area contributed by atoms with Crippen molar-refractivity contribution < 1.29 is 4.39 Å². The summed E-state index contributed by atoms with van der Waals surface area (Å²) in [5.74, 6) is 6.01. The topological polar surface area (TPSA) is 3.24 Å². The molecule has 0 amide bonds. The summed E-state index contributed by atoms with van der Waals surface area (Å²) >= 11 is 0. The molecule has 0 N–H and O–H groups in total. The number of nitrogens with zero attached hydrogens (tertiary/aromatic N) is 1. The summed E-state index contributed by atoms with van der Waals surface area (Å²) in [6, 6.07) is 5.15. The Hall–Kier alpha value is -1.56. The summed E-state index contributed by atoms with van der Waals surface area (Å²) in [5, 5.41) is 0. The molecule has 0 aliphatic rings. The molecule has 3 heteroatoms. The average molecular weight is 336 g/mol. The standard InChI is InChI=1S/C20H26FN.ClH/c1-16(2)17-10-11-19(21)18(14-17)15-22(6)13-9-7-8-12-20(3,4)5;/h7,9-11,14H,1,13,15H2,2-6H3;1H. The number of rotatable bonds is 5. The molecule has 0 aromatic heterocycles. The molecule has 0 fully saturated rings. The van der Waals surface area contributed by atoms with Crippen LogP contribution in [0.3, 0.4) is 0 Å². The Bertz CT molecular complexity index is 615. The Balaban J connectivity index is 0.00000484. The number of hydrogen-bond donors (Lipinski definition) is 0. The second kappa shape index (κ2) is 9.55. The van der Waals surface area contributed by atoms with Crippen LogP contribution in [0.15, 0.2) is 36.9 Å². The van der Waals surface area contributed by atoms with Crippen molar-refractivity contribution in [3.8, 4) is 11.8 Å². The smallest absolute Gasteiger partial charge is 0.127 e. The Morgan fingerprint density at radius 3 is 2.57 bits per heavy atom. The van der Waals surface area contributed by atoms with Gasteiger partial charge in [0.2, 0.25) is 0 Å². The van der Waals surface area contributed by atoms with Crippen LogP contribution in [0.4, 0.5) is 4.39 Å². The zero-order valence-corrected chi connectivity index (χ0v) is 15.6. The van der Waals surface area contributed by atoms with Crippen molar-refractivity contribution in [3.63, 3.8) is 0 Å². The van der Waals surface area contributed by atoms with Crippen molar-refractivity contribution in [1.29, 1.82) is 0 Å². The van der Waals surface area contributed by atoms with Crippen molar-refractivity contribution in [2.24, 2.45) is 5.41 Å². The van der Waals surface area contributed by atoms with Gasteiger partial charge in [0, 0.05) is 24.1 Å². The van der Waals surface area contributed by atoms with Gasteiger partial charge in [-0.15, -0.1) is 12.4 Å². The summed E-state index contributed by atoms with van der Waals surface area (Å²) < 4.78 is 13.9. The predicted octanol–water partition coefficient (Wildman–Crippen LogP) is 5.32. The second-order valence-electron chi connectivity index (χ2n) is 6.70. The van der Waals surface area contributed by atoms with Gasteiger partial charge in [-0.3, -0.25) is 4.90 Å². The molecule has 0 bridgehead atoms. The third-order valence-corrected chi connectivity index (χ3v) is 3.04. The van der Waals surface area contributed by atoms with Crippen LogP contribution in [-0.2, 0) is 6.54 Å². The van der Waals surface area contributed by atoms with Gasteiger partial charge in [0.1, 0.15) is 5.82 Å². The van der Waals surface area contributed by atoms with Crippen molar-refractivity contribution in [3.05, 3.63) is 53.9 Å².